The van der Waals surface area contributed by atoms with Crippen LogP contribution in [0, 0.1) is 17.6 Å². The first-order valence-electron chi connectivity index (χ1n) is 6.13. The molecule has 0 spiro atoms. The van der Waals surface area contributed by atoms with Crippen LogP contribution < -0.4 is 4.74 Å². The van der Waals surface area contributed by atoms with Crippen molar-refractivity contribution in [3.05, 3.63) is 53.9 Å². The van der Waals surface area contributed by atoms with Gasteiger partial charge < -0.3 is 4.74 Å². The number of pyridine rings is 1. The van der Waals surface area contributed by atoms with E-state index in [1.807, 2.05) is 0 Å². The molecule has 2 nitrogen and oxygen atoms in total. The van der Waals surface area contributed by atoms with Gasteiger partial charge in [0, 0.05) is 5.69 Å². The fraction of sp³-hybridized carbons (Fsp3) is 0.267. The van der Waals surface area contributed by atoms with E-state index >= 15 is 0 Å². The number of para-hydroxylation sites is 1. The zero-order valence-corrected chi connectivity index (χ0v) is 10.9. The van der Waals surface area contributed by atoms with Crippen LogP contribution in [0.5, 0.6) is 11.5 Å². The largest absolute Gasteiger partial charge is 0.450 e. The van der Waals surface area contributed by atoms with E-state index in [9.17, 15) is 8.78 Å². The lowest BCUT2D eigenvalue weighted by molar-refractivity contribution is 0.406. The summed E-state index contributed by atoms with van der Waals surface area (Å²) in [6.45, 7) is 4.20. The number of aromatic nitrogens is 1. The third kappa shape index (κ3) is 3.50. The molecule has 0 bridgehead atoms. The van der Waals surface area contributed by atoms with Gasteiger partial charge in [-0.05, 0) is 36.6 Å². The fourth-order valence-corrected chi connectivity index (χ4v) is 1.71. The second kappa shape index (κ2) is 5.78. The summed E-state index contributed by atoms with van der Waals surface area (Å²) in [4.78, 5) is 4.20. The molecule has 19 heavy (non-hydrogen) atoms. The monoisotopic (exact) mass is 263 g/mol. The maximum absolute atomic E-state index is 13.4. The lowest BCUT2D eigenvalue weighted by atomic mass is 10.1. The summed E-state index contributed by atoms with van der Waals surface area (Å²) in [6, 6.07) is 7.06. The molecule has 0 aliphatic carbocycles. The Kier molecular flexibility index (Phi) is 4.10. The average molecular weight is 263 g/mol. The molecule has 1 heterocycles. The molecule has 4 heteroatoms. The van der Waals surface area contributed by atoms with Crippen LogP contribution in [0.3, 0.4) is 0 Å². The van der Waals surface area contributed by atoms with Crippen LogP contribution in [0.1, 0.15) is 19.5 Å². The van der Waals surface area contributed by atoms with E-state index in [1.54, 1.807) is 12.1 Å². The Morgan fingerprint density at radius 3 is 2.32 bits per heavy atom. The van der Waals surface area contributed by atoms with E-state index in [4.69, 9.17) is 4.74 Å². The van der Waals surface area contributed by atoms with E-state index < -0.39 is 17.4 Å². The Hall–Kier alpha value is -1.97. The lowest BCUT2D eigenvalue weighted by Gasteiger charge is -2.08. The predicted octanol–water partition coefficient (Wildman–Crippen LogP) is 4.35. The summed E-state index contributed by atoms with van der Waals surface area (Å²) >= 11 is 0. The third-order valence-electron chi connectivity index (χ3n) is 2.55. The predicted molar refractivity (Wildman–Crippen MR) is 69.2 cm³/mol. The lowest BCUT2D eigenvalue weighted by Crippen LogP contribution is -1.98. The minimum atomic E-state index is -0.730. The molecule has 0 amide bonds. The molecule has 0 N–H and O–H groups in total. The van der Waals surface area contributed by atoms with Crippen LogP contribution in [0.4, 0.5) is 8.78 Å². The number of hydrogen-bond donors (Lipinski definition) is 0. The molecule has 0 unspecified atom stereocenters. The Labute approximate surface area is 111 Å². The van der Waals surface area contributed by atoms with E-state index in [1.165, 1.54) is 12.3 Å². The van der Waals surface area contributed by atoms with E-state index in [-0.39, 0.29) is 0 Å². The summed E-state index contributed by atoms with van der Waals surface area (Å²) in [6.07, 6.45) is 2.33. The molecule has 1 aromatic heterocycles. The molecule has 0 fully saturated rings. The highest BCUT2D eigenvalue weighted by molar-refractivity contribution is 5.32. The number of ether oxygens (including phenoxy) is 1. The van der Waals surface area contributed by atoms with Crippen LogP contribution in [-0.2, 0) is 6.42 Å². The molecule has 0 atom stereocenters. The normalized spacial score (nSPS) is 10.8. The Morgan fingerprint density at radius 1 is 1.11 bits per heavy atom. The van der Waals surface area contributed by atoms with Crippen LogP contribution >= 0.6 is 0 Å². The van der Waals surface area contributed by atoms with Crippen LogP contribution in [0.15, 0.2) is 36.5 Å². The molecule has 0 radical (unpaired) electrons. The van der Waals surface area contributed by atoms with E-state index in [0.29, 0.717) is 11.7 Å². The van der Waals surface area contributed by atoms with Gasteiger partial charge in [-0.25, -0.2) is 8.78 Å². The van der Waals surface area contributed by atoms with Crippen molar-refractivity contribution in [1.29, 1.82) is 0 Å². The molecule has 0 aliphatic heterocycles. The number of benzene rings is 1. The number of nitrogens with zero attached hydrogens (tertiary/aromatic N) is 1. The third-order valence-corrected chi connectivity index (χ3v) is 2.55. The van der Waals surface area contributed by atoms with Crippen molar-refractivity contribution in [3.63, 3.8) is 0 Å². The van der Waals surface area contributed by atoms with Crippen LogP contribution in [0.25, 0.3) is 0 Å². The van der Waals surface area contributed by atoms with Gasteiger partial charge in [-0.2, -0.15) is 0 Å². The minimum absolute atomic E-state index is 0.316. The van der Waals surface area contributed by atoms with Gasteiger partial charge in [-0.15, -0.1) is 0 Å². The number of rotatable bonds is 4. The van der Waals surface area contributed by atoms with Gasteiger partial charge in [0.15, 0.2) is 17.4 Å². The highest BCUT2D eigenvalue weighted by Gasteiger charge is 2.11. The topological polar surface area (TPSA) is 22.1 Å². The van der Waals surface area contributed by atoms with Gasteiger partial charge in [0.25, 0.3) is 0 Å². The van der Waals surface area contributed by atoms with Crippen molar-refractivity contribution >= 4 is 0 Å². The zero-order chi connectivity index (χ0) is 13.8. The van der Waals surface area contributed by atoms with Crippen molar-refractivity contribution in [2.75, 3.05) is 0 Å². The molecular formula is C15H15F2NO. The molecule has 100 valence electrons. The molecule has 1 aromatic carbocycles. The molecular weight excluding hydrogens is 248 g/mol. The summed E-state index contributed by atoms with van der Waals surface area (Å²) in [5, 5.41) is 0. The quantitative estimate of drug-likeness (QED) is 0.818. The Bertz CT molecular complexity index is 532. The number of hydrogen-bond acceptors (Lipinski definition) is 2. The minimum Gasteiger partial charge on any atom is -0.450 e. The van der Waals surface area contributed by atoms with Crippen molar-refractivity contribution in [2.24, 2.45) is 5.92 Å². The summed E-state index contributed by atoms with van der Waals surface area (Å²) in [5.74, 6) is -1.04. The van der Waals surface area contributed by atoms with Crippen molar-refractivity contribution < 1.29 is 13.5 Å². The zero-order valence-electron chi connectivity index (χ0n) is 10.9. The highest BCUT2D eigenvalue weighted by atomic mass is 19.1. The highest BCUT2D eigenvalue weighted by Crippen LogP contribution is 2.26. The molecule has 0 saturated carbocycles. The van der Waals surface area contributed by atoms with Gasteiger partial charge in [0.05, 0.1) is 6.20 Å². The Balaban J connectivity index is 2.15. The van der Waals surface area contributed by atoms with Crippen LogP contribution in [0.2, 0.25) is 0 Å². The second-order valence-electron chi connectivity index (χ2n) is 4.74. The maximum atomic E-state index is 13.4. The van der Waals surface area contributed by atoms with Gasteiger partial charge in [-0.1, -0.05) is 19.9 Å². The van der Waals surface area contributed by atoms with Gasteiger partial charge in [0.2, 0.25) is 0 Å². The molecule has 0 aliphatic rings. The average Bonchev–Trinajstić information content (AvgIpc) is 2.35. The summed E-state index contributed by atoms with van der Waals surface area (Å²) in [7, 11) is 0. The first-order valence-corrected chi connectivity index (χ1v) is 6.13. The van der Waals surface area contributed by atoms with Gasteiger partial charge >= 0.3 is 0 Å². The first kappa shape index (κ1) is 13.5. The standard InChI is InChI=1S/C15H15F2NO/c1-10(2)8-11-6-7-12(9-18-11)19-15-13(16)4-3-5-14(15)17/h3-7,9-10H,8H2,1-2H3. The van der Waals surface area contributed by atoms with Crippen molar-refractivity contribution in [2.45, 2.75) is 20.3 Å². The van der Waals surface area contributed by atoms with Crippen LogP contribution in [-0.4, -0.2) is 4.98 Å². The van der Waals surface area contributed by atoms with E-state index in [2.05, 4.69) is 18.8 Å². The first-order chi connectivity index (χ1) is 9.06. The van der Waals surface area contributed by atoms with Gasteiger partial charge in [-0.3, -0.25) is 4.98 Å². The second-order valence-corrected chi connectivity index (χ2v) is 4.74. The summed E-state index contributed by atoms with van der Waals surface area (Å²) < 4.78 is 32.0. The smallest absolute Gasteiger partial charge is 0.198 e. The fourth-order valence-electron chi connectivity index (χ4n) is 1.71. The van der Waals surface area contributed by atoms with Gasteiger partial charge in [0.1, 0.15) is 5.75 Å². The maximum Gasteiger partial charge on any atom is 0.198 e. The SMILES string of the molecule is CC(C)Cc1ccc(Oc2c(F)cccc2F)cn1. The molecule has 2 aromatic rings. The molecule has 0 saturated heterocycles. The Morgan fingerprint density at radius 2 is 1.79 bits per heavy atom. The molecule has 2 rings (SSSR count). The van der Waals surface area contributed by atoms with E-state index in [0.717, 1.165) is 24.2 Å². The number of halogens is 2. The van der Waals surface area contributed by atoms with Crippen molar-refractivity contribution in [1.82, 2.24) is 4.98 Å². The van der Waals surface area contributed by atoms with Crippen molar-refractivity contribution in [3.8, 4) is 11.5 Å². The summed E-state index contributed by atoms with van der Waals surface area (Å²) in [5.41, 5.74) is 0.927.